The van der Waals surface area contributed by atoms with Crippen molar-refractivity contribution in [2.45, 2.75) is 74.2 Å². The molecule has 4 amide bonds. The Labute approximate surface area is 264 Å². The molecule has 0 saturated carbocycles. The molecule has 1 saturated heterocycles. The second kappa shape index (κ2) is 14.8. The van der Waals surface area contributed by atoms with Crippen LogP contribution < -0.4 is 27.0 Å². The Morgan fingerprint density at radius 2 is 1.55 bits per heavy atom. The minimum atomic E-state index is -1.36. The number of nitrogens with one attached hydrogen (secondary N) is 4. The number of hydrogen-bond acceptors (Lipinski definition) is 9. The number of phenols is 1. The van der Waals surface area contributed by atoms with Gasteiger partial charge in [0, 0.05) is 11.2 Å². The third-order valence-electron chi connectivity index (χ3n) is 7.03. The second-order valence-corrected chi connectivity index (χ2v) is 15.0. The maximum absolute atomic E-state index is 13.5. The maximum Gasteiger partial charge on any atom is 0.327 e. The van der Waals surface area contributed by atoms with E-state index in [4.69, 9.17) is 5.73 Å². The molecule has 44 heavy (non-hydrogen) atoms. The van der Waals surface area contributed by atoms with E-state index in [0.717, 1.165) is 16.4 Å². The van der Waals surface area contributed by atoms with Crippen LogP contribution in [0.3, 0.4) is 0 Å². The quantitative estimate of drug-likeness (QED) is 0.214. The summed E-state index contributed by atoms with van der Waals surface area (Å²) in [5.74, 6) is -3.82. The Kier molecular flexibility index (Phi) is 11.7. The Hall–Kier alpha value is -3.75. The van der Waals surface area contributed by atoms with Gasteiger partial charge in [-0.2, -0.15) is 0 Å². The molecule has 14 heteroatoms. The molecule has 0 aromatic heterocycles. The van der Waals surface area contributed by atoms with Crippen LogP contribution in [0.1, 0.15) is 38.8 Å². The molecular weight excluding hydrogens is 606 g/mol. The number of hydrogen-bond donors (Lipinski definition) is 7. The highest BCUT2D eigenvalue weighted by Gasteiger charge is 2.44. The highest BCUT2D eigenvalue weighted by molar-refractivity contribution is 8.77. The van der Waals surface area contributed by atoms with Gasteiger partial charge in [-0.1, -0.05) is 64.1 Å². The SMILES string of the molecule is CC1(C)SSC(C)(C)[C@H](NC(=O)[C@@H](N)Cc2ccc(O)cc2)C(=O)NCC(=O)N[C@@H](Cc2ccccc2)C(=O)N[C@@H]1C(=O)O. The topological polar surface area (TPSA) is 200 Å². The van der Waals surface area contributed by atoms with Gasteiger partial charge in [-0.15, -0.1) is 0 Å². The van der Waals surface area contributed by atoms with E-state index in [2.05, 4.69) is 21.3 Å². The first-order chi connectivity index (χ1) is 20.6. The number of benzene rings is 2. The van der Waals surface area contributed by atoms with E-state index < -0.39 is 69.8 Å². The minimum Gasteiger partial charge on any atom is -0.508 e. The predicted octanol–water partition coefficient (Wildman–Crippen LogP) is 1.11. The van der Waals surface area contributed by atoms with E-state index in [9.17, 15) is 34.2 Å². The van der Waals surface area contributed by atoms with Crippen molar-refractivity contribution < 1.29 is 34.2 Å². The van der Waals surface area contributed by atoms with E-state index in [1.807, 2.05) is 0 Å². The van der Waals surface area contributed by atoms with E-state index in [1.165, 1.54) is 22.9 Å². The molecule has 1 aliphatic rings. The van der Waals surface area contributed by atoms with Gasteiger partial charge in [0.05, 0.1) is 17.3 Å². The first-order valence-corrected chi connectivity index (χ1v) is 16.1. The van der Waals surface area contributed by atoms with Gasteiger partial charge in [-0.3, -0.25) is 19.2 Å². The zero-order chi connectivity index (χ0) is 32.7. The lowest BCUT2D eigenvalue weighted by Crippen LogP contribution is -2.61. The monoisotopic (exact) mass is 645 g/mol. The van der Waals surface area contributed by atoms with Gasteiger partial charge >= 0.3 is 5.97 Å². The average molecular weight is 646 g/mol. The highest BCUT2D eigenvalue weighted by Crippen LogP contribution is 2.46. The summed E-state index contributed by atoms with van der Waals surface area (Å²) in [4.78, 5) is 65.4. The molecule has 0 aliphatic carbocycles. The molecular formula is C30H39N5O7S2. The van der Waals surface area contributed by atoms with Gasteiger partial charge in [0.25, 0.3) is 0 Å². The fraction of sp³-hybridized carbons (Fsp3) is 0.433. The van der Waals surface area contributed by atoms with Crippen LogP contribution in [0.5, 0.6) is 5.75 Å². The van der Waals surface area contributed by atoms with Crippen LogP contribution in [0.2, 0.25) is 0 Å². The summed E-state index contributed by atoms with van der Waals surface area (Å²) >= 11 is 0. The summed E-state index contributed by atoms with van der Waals surface area (Å²) in [5, 5.41) is 30.1. The molecule has 1 fully saturated rings. The molecule has 3 rings (SSSR count). The van der Waals surface area contributed by atoms with Crippen LogP contribution >= 0.6 is 21.6 Å². The van der Waals surface area contributed by atoms with Gasteiger partial charge in [-0.25, -0.2) is 4.79 Å². The normalized spacial score (nSPS) is 23.2. The van der Waals surface area contributed by atoms with Crippen LogP contribution in [0.4, 0.5) is 0 Å². The lowest BCUT2D eigenvalue weighted by Gasteiger charge is -2.38. The lowest BCUT2D eigenvalue weighted by molar-refractivity contribution is -0.143. The zero-order valence-electron chi connectivity index (χ0n) is 25.0. The van der Waals surface area contributed by atoms with Gasteiger partial charge < -0.3 is 37.2 Å². The zero-order valence-corrected chi connectivity index (χ0v) is 26.6. The molecule has 2 aromatic carbocycles. The Morgan fingerprint density at radius 1 is 0.932 bits per heavy atom. The summed E-state index contributed by atoms with van der Waals surface area (Å²) in [6, 6.07) is 10.5. The highest BCUT2D eigenvalue weighted by atomic mass is 33.1. The van der Waals surface area contributed by atoms with Gasteiger partial charge in [0.15, 0.2) is 0 Å². The summed E-state index contributed by atoms with van der Waals surface area (Å²) in [6.45, 7) is 6.21. The first-order valence-electron chi connectivity index (χ1n) is 13.9. The smallest absolute Gasteiger partial charge is 0.327 e. The summed E-state index contributed by atoms with van der Waals surface area (Å²) < 4.78 is -2.14. The van der Waals surface area contributed by atoms with E-state index in [1.54, 1.807) is 70.2 Å². The van der Waals surface area contributed by atoms with Crippen molar-refractivity contribution in [1.82, 2.24) is 21.3 Å². The van der Waals surface area contributed by atoms with Gasteiger partial charge in [0.1, 0.15) is 23.9 Å². The molecule has 8 N–H and O–H groups in total. The maximum atomic E-state index is 13.5. The molecule has 238 valence electrons. The number of carbonyl (C=O) groups excluding carboxylic acids is 4. The minimum absolute atomic E-state index is 0.0718. The van der Waals surface area contributed by atoms with Crippen molar-refractivity contribution in [2.75, 3.05) is 6.54 Å². The van der Waals surface area contributed by atoms with Crippen LogP contribution in [0.25, 0.3) is 0 Å². The van der Waals surface area contributed by atoms with Gasteiger partial charge in [-0.05, 0) is 57.4 Å². The number of aliphatic carboxylic acids is 1. The van der Waals surface area contributed by atoms with Crippen molar-refractivity contribution in [3.8, 4) is 5.75 Å². The number of aromatic hydroxyl groups is 1. The van der Waals surface area contributed by atoms with Gasteiger partial charge in [0.2, 0.25) is 23.6 Å². The second-order valence-electron chi connectivity index (χ2n) is 11.6. The summed E-state index contributed by atoms with van der Waals surface area (Å²) in [7, 11) is 2.32. The average Bonchev–Trinajstić information content (AvgIpc) is 2.96. The van der Waals surface area contributed by atoms with Crippen molar-refractivity contribution in [3.63, 3.8) is 0 Å². The van der Waals surface area contributed by atoms with E-state index >= 15 is 0 Å². The van der Waals surface area contributed by atoms with E-state index in [-0.39, 0.29) is 18.6 Å². The molecule has 12 nitrogen and oxygen atoms in total. The molecule has 2 aromatic rings. The molecule has 4 atom stereocenters. The number of rotatable bonds is 7. The fourth-order valence-corrected chi connectivity index (χ4v) is 7.26. The van der Waals surface area contributed by atoms with Crippen molar-refractivity contribution >= 4 is 51.2 Å². The van der Waals surface area contributed by atoms with Crippen LogP contribution in [-0.2, 0) is 36.8 Å². The van der Waals surface area contributed by atoms with Crippen molar-refractivity contribution in [3.05, 3.63) is 65.7 Å². The number of nitrogens with two attached hydrogens (primary N) is 1. The Morgan fingerprint density at radius 3 is 2.16 bits per heavy atom. The Balaban J connectivity index is 1.88. The van der Waals surface area contributed by atoms with Crippen LogP contribution in [0, 0.1) is 0 Å². The molecule has 1 heterocycles. The van der Waals surface area contributed by atoms with Crippen LogP contribution in [0.15, 0.2) is 54.6 Å². The standard InChI is InChI=1S/C30H39N5O7S2/c1-29(2)23(34-25(38)20(31)14-18-10-12-19(36)13-11-18)27(40)32-16-22(37)33-21(15-17-8-6-5-7-9-17)26(39)35-24(28(41)42)30(3,4)44-43-29/h5-13,20-21,23-24,36H,14-16,31H2,1-4H3,(H,32,40)(H,33,37)(H,34,38)(H,35,39)(H,41,42)/t20-,21-,23+,24+/m0/s1. The van der Waals surface area contributed by atoms with Crippen molar-refractivity contribution in [1.29, 1.82) is 0 Å². The van der Waals surface area contributed by atoms with E-state index in [0.29, 0.717) is 5.56 Å². The Bertz CT molecular complexity index is 1360. The number of phenolic OH excluding ortho intramolecular Hbond substituents is 1. The number of carboxylic acids is 1. The van der Waals surface area contributed by atoms with Crippen molar-refractivity contribution in [2.24, 2.45) is 5.73 Å². The lowest BCUT2D eigenvalue weighted by atomic mass is 10.00. The third-order valence-corrected chi connectivity index (χ3v) is 11.3. The fourth-order valence-electron chi connectivity index (χ4n) is 4.44. The molecule has 0 bridgehead atoms. The number of carboxylic acid groups (broad SMARTS) is 1. The molecule has 1 aliphatic heterocycles. The van der Waals surface area contributed by atoms with Crippen LogP contribution in [-0.4, -0.2) is 80.0 Å². The summed E-state index contributed by atoms with van der Waals surface area (Å²) in [5.41, 5.74) is 7.61. The largest absolute Gasteiger partial charge is 0.508 e. The number of amides is 4. The third kappa shape index (κ3) is 9.63. The molecule has 0 unspecified atom stereocenters. The molecule has 0 spiro atoms. The molecule has 0 radical (unpaired) electrons. The summed E-state index contributed by atoms with van der Waals surface area (Å²) in [6.07, 6.45) is 0.229. The first kappa shape index (κ1) is 34.7. The predicted molar refractivity (Wildman–Crippen MR) is 170 cm³/mol. The number of carbonyl (C=O) groups is 5.